The molecule has 104 valence electrons. The van der Waals surface area contributed by atoms with E-state index < -0.39 is 0 Å². The van der Waals surface area contributed by atoms with Gasteiger partial charge in [0.1, 0.15) is 5.75 Å². The average Bonchev–Trinajstić information content (AvgIpc) is 2.27. The molecule has 0 aliphatic heterocycles. The Morgan fingerprint density at radius 3 is 2.50 bits per heavy atom. The molecule has 1 rings (SSSR count). The van der Waals surface area contributed by atoms with Crippen molar-refractivity contribution < 1.29 is 4.74 Å². The molecule has 0 bridgehead atoms. The highest BCUT2D eigenvalue weighted by atomic mass is 35.5. The van der Waals surface area contributed by atoms with Crippen LogP contribution in [0, 0.1) is 13.8 Å². The molecule has 0 saturated carbocycles. The molecule has 1 aromatic rings. The molecule has 18 heavy (non-hydrogen) atoms. The zero-order chi connectivity index (χ0) is 13.0. The number of ether oxygens (including phenoxy) is 1. The standard InChI is InChI=1S/C14H22ClNO.ClH/c1-5-6-17-13-7-9(2)12(8-10(3)16)11(4)14(13)15;/h7,10H,5-6,8,16H2,1-4H3;1H. The molecule has 1 aromatic carbocycles. The SMILES string of the molecule is CCCOc1cc(C)c(CC(C)N)c(C)c1Cl.Cl. The lowest BCUT2D eigenvalue weighted by atomic mass is 9.96. The van der Waals surface area contributed by atoms with Gasteiger partial charge in [-0.15, -0.1) is 12.4 Å². The number of nitrogens with two attached hydrogens (primary N) is 1. The van der Waals surface area contributed by atoms with Crippen molar-refractivity contribution in [3.05, 3.63) is 27.8 Å². The third-order valence-electron chi connectivity index (χ3n) is 2.81. The highest BCUT2D eigenvalue weighted by Gasteiger charge is 2.13. The molecule has 0 radical (unpaired) electrons. The zero-order valence-corrected chi connectivity index (χ0v) is 13.1. The Labute approximate surface area is 121 Å². The molecule has 0 spiro atoms. The molecular formula is C14H23Cl2NO. The predicted octanol–water partition coefficient (Wildman–Crippen LogP) is 4.06. The number of rotatable bonds is 5. The molecule has 0 saturated heterocycles. The van der Waals surface area contributed by atoms with E-state index in [0.717, 1.165) is 29.2 Å². The number of hydrogen-bond donors (Lipinski definition) is 1. The highest BCUT2D eigenvalue weighted by Crippen LogP contribution is 2.33. The van der Waals surface area contributed by atoms with Gasteiger partial charge < -0.3 is 10.5 Å². The Morgan fingerprint density at radius 2 is 2.00 bits per heavy atom. The van der Waals surface area contributed by atoms with Crippen molar-refractivity contribution >= 4 is 24.0 Å². The molecule has 2 N–H and O–H groups in total. The molecule has 4 heteroatoms. The van der Waals surface area contributed by atoms with E-state index in [4.69, 9.17) is 22.1 Å². The van der Waals surface area contributed by atoms with E-state index in [1.807, 2.05) is 19.9 Å². The second-order valence-corrected chi connectivity index (χ2v) is 5.02. The first-order chi connectivity index (χ1) is 7.97. The maximum Gasteiger partial charge on any atom is 0.138 e. The summed E-state index contributed by atoms with van der Waals surface area (Å²) in [6.07, 6.45) is 1.83. The summed E-state index contributed by atoms with van der Waals surface area (Å²) in [5.74, 6) is 0.789. The minimum Gasteiger partial charge on any atom is -0.492 e. The van der Waals surface area contributed by atoms with Crippen LogP contribution in [0.15, 0.2) is 6.07 Å². The van der Waals surface area contributed by atoms with Crippen molar-refractivity contribution in [3.8, 4) is 5.75 Å². The molecule has 0 aliphatic rings. The average molecular weight is 292 g/mol. The van der Waals surface area contributed by atoms with Crippen LogP contribution in [0.3, 0.4) is 0 Å². The molecule has 1 atom stereocenters. The van der Waals surface area contributed by atoms with Gasteiger partial charge in [-0.2, -0.15) is 0 Å². The summed E-state index contributed by atoms with van der Waals surface area (Å²) >= 11 is 6.32. The van der Waals surface area contributed by atoms with Crippen LogP contribution in [0.5, 0.6) is 5.75 Å². The molecule has 0 aliphatic carbocycles. The van der Waals surface area contributed by atoms with Gasteiger partial charge in [-0.25, -0.2) is 0 Å². The van der Waals surface area contributed by atoms with Gasteiger partial charge in [0, 0.05) is 6.04 Å². The smallest absolute Gasteiger partial charge is 0.138 e. The maximum atomic E-state index is 6.32. The van der Waals surface area contributed by atoms with E-state index in [9.17, 15) is 0 Å². The predicted molar refractivity (Wildman–Crippen MR) is 81.3 cm³/mol. The van der Waals surface area contributed by atoms with Gasteiger partial charge in [-0.3, -0.25) is 0 Å². The van der Waals surface area contributed by atoms with E-state index in [-0.39, 0.29) is 18.4 Å². The van der Waals surface area contributed by atoms with Crippen molar-refractivity contribution in [2.45, 2.75) is 46.6 Å². The first-order valence-corrected chi connectivity index (χ1v) is 6.52. The summed E-state index contributed by atoms with van der Waals surface area (Å²) in [7, 11) is 0. The number of hydrogen-bond acceptors (Lipinski definition) is 2. The van der Waals surface area contributed by atoms with Gasteiger partial charge in [0.2, 0.25) is 0 Å². The Hall–Kier alpha value is -0.440. The molecule has 1 unspecified atom stereocenters. The van der Waals surface area contributed by atoms with Gasteiger partial charge >= 0.3 is 0 Å². The highest BCUT2D eigenvalue weighted by molar-refractivity contribution is 6.33. The van der Waals surface area contributed by atoms with E-state index >= 15 is 0 Å². The van der Waals surface area contributed by atoms with Crippen LogP contribution < -0.4 is 10.5 Å². The third-order valence-corrected chi connectivity index (χ3v) is 3.28. The lowest BCUT2D eigenvalue weighted by Crippen LogP contribution is -2.19. The van der Waals surface area contributed by atoms with E-state index in [1.54, 1.807) is 0 Å². The molecule has 0 aromatic heterocycles. The summed E-state index contributed by atoms with van der Waals surface area (Å²) < 4.78 is 5.64. The molecular weight excluding hydrogens is 269 g/mol. The molecule has 2 nitrogen and oxygen atoms in total. The van der Waals surface area contributed by atoms with Crippen LogP contribution >= 0.6 is 24.0 Å². The number of halogens is 2. The minimum absolute atomic E-state index is 0. The number of benzene rings is 1. The van der Waals surface area contributed by atoms with Crippen molar-refractivity contribution in [2.75, 3.05) is 6.61 Å². The van der Waals surface area contributed by atoms with Gasteiger partial charge in [0.25, 0.3) is 0 Å². The van der Waals surface area contributed by atoms with Crippen LogP contribution in [0.1, 0.15) is 37.0 Å². The summed E-state index contributed by atoms with van der Waals surface area (Å²) in [5.41, 5.74) is 9.40. The maximum absolute atomic E-state index is 6.32. The van der Waals surface area contributed by atoms with Crippen LogP contribution in [0.25, 0.3) is 0 Å². The monoisotopic (exact) mass is 291 g/mol. The topological polar surface area (TPSA) is 35.2 Å². The van der Waals surface area contributed by atoms with Crippen LogP contribution in [-0.2, 0) is 6.42 Å². The Balaban J connectivity index is 0.00000289. The minimum atomic E-state index is 0. The van der Waals surface area contributed by atoms with Crippen LogP contribution in [0.2, 0.25) is 5.02 Å². The van der Waals surface area contributed by atoms with Crippen molar-refractivity contribution in [1.29, 1.82) is 0 Å². The van der Waals surface area contributed by atoms with Crippen molar-refractivity contribution in [3.63, 3.8) is 0 Å². The van der Waals surface area contributed by atoms with Gasteiger partial charge in [0.15, 0.2) is 0 Å². The Bertz CT molecular complexity index is 392. The fourth-order valence-electron chi connectivity index (χ4n) is 1.91. The second kappa shape index (κ2) is 7.88. The van der Waals surface area contributed by atoms with Gasteiger partial charge in [-0.1, -0.05) is 18.5 Å². The quantitative estimate of drug-likeness (QED) is 0.888. The second-order valence-electron chi connectivity index (χ2n) is 4.64. The zero-order valence-electron chi connectivity index (χ0n) is 11.5. The van der Waals surface area contributed by atoms with Crippen LogP contribution in [0.4, 0.5) is 0 Å². The number of aryl methyl sites for hydroxylation is 1. The summed E-state index contributed by atoms with van der Waals surface area (Å²) in [6, 6.07) is 2.16. The third kappa shape index (κ3) is 4.34. The first-order valence-electron chi connectivity index (χ1n) is 6.14. The first kappa shape index (κ1) is 17.6. The van der Waals surface area contributed by atoms with Crippen molar-refractivity contribution in [1.82, 2.24) is 0 Å². The fraction of sp³-hybridized carbons (Fsp3) is 0.571. The van der Waals surface area contributed by atoms with Gasteiger partial charge in [-0.05, 0) is 56.4 Å². The Morgan fingerprint density at radius 1 is 1.39 bits per heavy atom. The molecule has 0 fully saturated rings. The van der Waals surface area contributed by atoms with E-state index in [0.29, 0.717) is 6.61 Å². The van der Waals surface area contributed by atoms with Crippen molar-refractivity contribution in [2.24, 2.45) is 5.73 Å². The van der Waals surface area contributed by atoms with Crippen LogP contribution in [-0.4, -0.2) is 12.6 Å². The van der Waals surface area contributed by atoms with Gasteiger partial charge in [0.05, 0.1) is 11.6 Å². The van der Waals surface area contributed by atoms with E-state index in [1.165, 1.54) is 11.1 Å². The largest absolute Gasteiger partial charge is 0.492 e. The Kier molecular flexibility index (Phi) is 7.69. The fourth-order valence-corrected chi connectivity index (χ4v) is 2.14. The molecule has 0 heterocycles. The summed E-state index contributed by atoms with van der Waals surface area (Å²) in [4.78, 5) is 0. The summed E-state index contributed by atoms with van der Waals surface area (Å²) in [5, 5.41) is 0.722. The lowest BCUT2D eigenvalue weighted by molar-refractivity contribution is 0.317. The van der Waals surface area contributed by atoms with E-state index in [2.05, 4.69) is 13.8 Å². The summed E-state index contributed by atoms with van der Waals surface area (Å²) in [6.45, 7) is 8.91. The molecule has 0 amide bonds. The lowest BCUT2D eigenvalue weighted by Gasteiger charge is -2.17. The normalized spacial score (nSPS) is 11.9.